The number of urea groups is 1. The van der Waals surface area contributed by atoms with E-state index in [1.807, 2.05) is 0 Å². The van der Waals surface area contributed by atoms with Gasteiger partial charge in [0, 0.05) is 25.7 Å². The summed E-state index contributed by atoms with van der Waals surface area (Å²) in [5.74, 6) is -2.68. The molecule has 1 unspecified atom stereocenters. The van der Waals surface area contributed by atoms with Crippen molar-refractivity contribution in [2.75, 3.05) is 7.05 Å². The summed E-state index contributed by atoms with van der Waals surface area (Å²) in [5.41, 5.74) is 1.71. The summed E-state index contributed by atoms with van der Waals surface area (Å²) in [7, 11) is 1.45. The van der Waals surface area contributed by atoms with Gasteiger partial charge in [0.05, 0.1) is 12.5 Å². The molecule has 0 radical (unpaired) electrons. The Morgan fingerprint density at radius 1 is 1.15 bits per heavy atom. The number of benzene rings is 2. The molecule has 0 saturated carbocycles. The number of carbonyl (C=O) groups excluding carboxylic acids is 3. The van der Waals surface area contributed by atoms with E-state index >= 15 is 0 Å². The summed E-state index contributed by atoms with van der Waals surface area (Å²) < 4.78 is 14.0. The zero-order valence-corrected chi connectivity index (χ0v) is 17.2. The first-order valence-corrected chi connectivity index (χ1v) is 9.84. The summed E-state index contributed by atoms with van der Waals surface area (Å²) in [6, 6.07) is 9.95. The molecule has 0 spiro atoms. The fourth-order valence-corrected chi connectivity index (χ4v) is 3.35. The van der Waals surface area contributed by atoms with Gasteiger partial charge in [0.2, 0.25) is 0 Å². The van der Waals surface area contributed by atoms with Crippen molar-refractivity contribution in [1.29, 1.82) is 0 Å². The maximum atomic E-state index is 14.0. The molecular formula is C23H23FN3NaO5. The quantitative estimate of drug-likeness (QED) is 0.425. The van der Waals surface area contributed by atoms with Gasteiger partial charge < -0.3 is 20.6 Å². The van der Waals surface area contributed by atoms with Crippen LogP contribution in [0.1, 0.15) is 29.2 Å². The monoisotopic (exact) mass is 463 g/mol. The Labute approximate surface area is 212 Å². The van der Waals surface area contributed by atoms with E-state index < -0.39 is 42.2 Å². The van der Waals surface area contributed by atoms with Crippen molar-refractivity contribution in [2.45, 2.75) is 24.9 Å². The minimum atomic E-state index is -1.39. The molecule has 0 fully saturated rings. The van der Waals surface area contributed by atoms with Crippen LogP contribution in [0.4, 0.5) is 9.18 Å². The number of halogens is 1. The third-order valence-corrected chi connectivity index (χ3v) is 5.01. The molecule has 168 valence electrons. The minimum absolute atomic E-state index is 0. The van der Waals surface area contributed by atoms with E-state index in [4.69, 9.17) is 0 Å². The molecule has 0 saturated heterocycles. The van der Waals surface area contributed by atoms with Crippen molar-refractivity contribution in [2.24, 2.45) is 0 Å². The number of aliphatic carboxylic acids is 1. The Morgan fingerprint density at radius 2 is 1.88 bits per heavy atom. The van der Waals surface area contributed by atoms with Crippen LogP contribution in [0.2, 0.25) is 0 Å². The number of nitrogens with one attached hydrogen (secondary N) is 2. The molecule has 8 nitrogen and oxygen atoms in total. The third-order valence-electron chi connectivity index (χ3n) is 5.01. The summed E-state index contributed by atoms with van der Waals surface area (Å²) in [4.78, 5) is 49.1. The van der Waals surface area contributed by atoms with Crippen molar-refractivity contribution >= 4 is 53.2 Å². The number of amides is 3. The molecule has 10 heteroatoms. The second-order valence-electron chi connectivity index (χ2n) is 7.38. The Morgan fingerprint density at radius 3 is 2.58 bits per heavy atom. The second kappa shape index (κ2) is 11.7. The first-order chi connectivity index (χ1) is 15.2. The average Bonchev–Trinajstić information content (AvgIpc) is 2.75. The van der Waals surface area contributed by atoms with Crippen LogP contribution < -0.4 is 10.6 Å². The Bertz CT molecular complexity index is 1090. The number of hydrogen-bond donors (Lipinski definition) is 3. The molecule has 1 aliphatic rings. The summed E-state index contributed by atoms with van der Waals surface area (Å²) in [6.07, 6.45) is 2.33. The molecule has 3 amide bonds. The van der Waals surface area contributed by atoms with Crippen LogP contribution in [-0.4, -0.2) is 76.3 Å². The molecule has 0 aliphatic carbocycles. The van der Waals surface area contributed by atoms with Crippen LogP contribution in [0.5, 0.6) is 0 Å². The molecule has 2 aromatic rings. The predicted octanol–water partition coefficient (Wildman–Crippen LogP) is 1.51. The van der Waals surface area contributed by atoms with Gasteiger partial charge in [0.1, 0.15) is 5.82 Å². The van der Waals surface area contributed by atoms with Gasteiger partial charge in [-0.1, -0.05) is 42.5 Å². The Balaban J connectivity index is 0.00000385. The van der Waals surface area contributed by atoms with Gasteiger partial charge in [-0.15, -0.1) is 0 Å². The summed E-state index contributed by atoms with van der Waals surface area (Å²) >= 11 is 0. The van der Waals surface area contributed by atoms with E-state index in [9.17, 15) is 28.7 Å². The van der Waals surface area contributed by atoms with E-state index in [1.165, 1.54) is 30.3 Å². The molecule has 3 N–H and O–H groups in total. The van der Waals surface area contributed by atoms with Crippen LogP contribution in [0.3, 0.4) is 0 Å². The van der Waals surface area contributed by atoms with E-state index in [-0.39, 0.29) is 41.8 Å². The number of carbonyl (C=O) groups is 4. The van der Waals surface area contributed by atoms with Crippen LogP contribution in [0.15, 0.2) is 60.8 Å². The number of carboxylic acids is 1. The number of likely N-dealkylation sites (N-methyl/N-ethyl adjacent to an activating group) is 1. The zero-order chi connectivity index (χ0) is 23.3. The molecule has 0 bridgehead atoms. The van der Waals surface area contributed by atoms with Gasteiger partial charge in [-0.05, 0) is 22.8 Å². The number of carboxylic acid groups (broad SMARTS) is 1. The SMILES string of the molecule is CN1C=CC(=O)C(NC(=O)N[C@@H](CC(=O)O)c2cccc(Cc3ccccc3F)c2)C1=O.[NaH]. The molecular weight excluding hydrogens is 440 g/mol. The normalized spacial score (nSPS) is 16.1. The first-order valence-electron chi connectivity index (χ1n) is 9.84. The van der Waals surface area contributed by atoms with Crippen LogP contribution in [-0.2, 0) is 20.8 Å². The Kier molecular flexibility index (Phi) is 9.33. The van der Waals surface area contributed by atoms with Crippen molar-refractivity contribution in [1.82, 2.24) is 15.5 Å². The molecule has 0 aromatic heterocycles. The fourth-order valence-electron chi connectivity index (χ4n) is 3.35. The van der Waals surface area contributed by atoms with Crippen molar-refractivity contribution in [3.05, 3.63) is 83.3 Å². The van der Waals surface area contributed by atoms with Crippen LogP contribution in [0.25, 0.3) is 0 Å². The molecule has 2 aromatic carbocycles. The fraction of sp³-hybridized carbons (Fsp3) is 0.217. The number of rotatable bonds is 7. The van der Waals surface area contributed by atoms with Gasteiger partial charge in [-0.2, -0.15) is 0 Å². The second-order valence-corrected chi connectivity index (χ2v) is 7.38. The zero-order valence-electron chi connectivity index (χ0n) is 17.2. The van der Waals surface area contributed by atoms with Gasteiger partial charge in [0.15, 0.2) is 11.8 Å². The predicted molar refractivity (Wildman–Crippen MR) is 120 cm³/mol. The standard InChI is InChI=1S/C23H22FN3O5.Na.H/c1-27-10-9-19(28)21(22(27)31)26-23(32)25-18(13-20(29)30)16-7-4-5-14(12-16)11-15-6-2-3-8-17(15)24;;/h2-10,12,18,21H,11,13H2,1H3,(H,29,30)(H2,25,26,32);;/t18-,21?;;/m0../s1. The van der Waals surface area contributed by atoms with E-state index in [1.54, 1.807) is 42.5 Å². The van der Waals surface area contributed by atoms with E-state index in [0.717, 1.165) is 5.56 Å². The molecule has 1 aliphatic heterocycles. The van der Waals surface area contributed by atoms with Gasteiger partial charge >= 0.3 is 41.6 Å². The molecule has 2 atom stereocenters. The topological polar surface area (TPSA) is 116 Å². The van der Waals surface area contributed by atoms with Crippen molar-refractivity contribution < 1.29 is 28.7 Å². The van der Waals surface area contributed by atoms with Crippen LogP contribution in [0, 0.1) is 5.82 Å². The van der Waals surface area contributed by atoms with Crippen LogP contribution >= 0.6 is 0 Å². The summed E-state index contributed by atoms with van der Waals surface area (Å²) in [5, 5.41) is 14.1. The van der Waals surface area contributed by atoms with Gasteiger partial charge in [-0.3, -0.25) is 14.4 Å². The van der Waals surface area contributed by atoms with E-state index in [2.05, 4.69) is 10.6 Å². The van der Waals surface area contributed by atoms with Crippen molar-refractivity contribution in [3.8, 4) is 0 Å². The van der Waals surface area contributed by atoms with Gasteiger partial charge in [0.25, 0.3) is 5.91 Å². The van der Waals surface area contributed by atoms with Gasteiger partial charge in [-0.25, -0.2) is 9.18 Å². The third kappa shape index (κ3) is 6.98. The molecule has 3 rings (SSSR count). The van der Waals surface area contributed by atoms with E-state index in [0.29, 0.717) is 11.1 Å². The maximum absolute atomic E-state index is 14.0. The number of ketones is 1. The number of hydrogen-bond acceptors (Lipinski definition) is 4. The number of nitrogens with zero attached hydrogens (tertiary/aromatic N) is 1. The molecule has 1 heterocycles. The summed E-state index contributed by atoms with van der Waals surface area (Å²) in [6.45, 7) is 0. The molecule has 33 heavy (non-hydrogen) atoms. The van der Waals surface area contributed by atoms with Crippen molar-refractivity contribution in [3.63, 3.8) is 0 Å². The Hall–Kier alpha value is -3.01. The average molecular weight is 463 g/mol. The first kappa shape index (κ1) is 26.2.